The lowest BCUT2D eigenvalue weighted by Gasteiger charge is -2.13. The number of rotatable bonds is 5. The van der Waals surface area contributed by atoms with Crippen LogP contribution in [0.25, 0.3) is 16.9 Å². The second-order valence-corrected chi connectivity index (χ2v) is 7.26. The van der Waals surface area contributed by atoms with Gasteiger partial charge in [0.05, 0.1) is 25.6 Å². The molecule has 0 aliphatic carbocycles. The highest BCUT2D eigenvalue weighted by molar-refractivity contribution is 7.07. The molecule has 0 radical (unpaired) electrons. The van der Waals surface area contributed by atoms with E-state index in [1.54, 1.807) is 26.4 Å². The van der Waals surface area contributed by atoms with Crippen LogP contribution in [0, 0.1) is 0 Å². The van der Waals surface area contributed by atoms with Gasteiger partial charge in [-0.2, -0.15) is 4.99 Å². The van der Waals surface area contributed by atoms with Crippen molar-refractivity contribution in [2.45, 2.75) is 0 Å². The Kier molecular flexibility index (Phi) is 5.77. The second-order valence-electron chi connectivity index (χ2n) is 6.42. The van der Waals surface area contributed by atoms with E-state index in [-0.39, 0.29) is 5.91 Å². The van der Waals surface area contributed by atoms with E-state index >= 15 is 0 Å². The van der Waals surface area contributed by atoms with Gasteiger partial charge in [0, 0.05) is 10.9 Å². The lowest BCUT2D eigenvalue weighted by Crippen LogP contribution is -2.17. The molecule has 1 amide bonds. The number of thiazole rings is 1. The van der Waals surface area contributed by atoms with E-state index in [4.69, 9.17) is 9.47 Å². The highest BCUT2D eigenvalue weighted by atomic mass is 32.1. The van der Waals surface area contributed by atoms with Crippen LogP contribution < -0.4 is 14.3 Å². The van der Waals surface area contributed by atoms with Crippen molar-refractivity contribution >= 4 is 17.2 Å². The van der Waals surface area contributed by atoms with E-state index in [1.807, 2.05) is 76.7 Å². The zero-order valence-electron chi connectivity index (χ0n) is 16.6. The van der Waals surface area contributed by atoms with Gasteiger partial charge in [0.2, 0.25) is 0 Å². The lowest BCUT2D eigenvalue weighted by molar-refractivity contribution is 0.0998. The smallest absolute Gasteiger partial charge is 0.279 e. The quantitative estimate of drug-likeness (QED) is 0.462. The molecule has 0 unspecified atom stereocenters. The second kappa shape index (κ2) is 8.80. The zero-order valence-corrected chi connectivity index (χ0v) is 17.4. The van der Waals surface area contributed by atoms with Crippen molar-refractivity contribution in [3.05, 3.63) is 94.6 Å². The average molecular weight is 417 g/mol. The monoisotopic (exact) mass is 416 g/mol. The molecule has 0 spiro atoms. The molecule has 3 aromatic carbocycles. The summed E-state index contributed by atoms with van der Waals surface area (Å²) in [5, 5.41) is 1.99. The Morgan fingerprint density at radius 2 is 1.57 bits per heavy atom. The molecule has 0 aliphatic rings. The highest BCUT2D eigenvalue weighted by Gasteiger charge is 2.15. The van der Waals surface area contributed by atoms with Crippen LogP contribution >= 0.6 is 11.3 Å². The standard InChI is InChI=1S/C24H20N2O3S/c1-28-19-14-12-17(13-15-19)21-16-30-24(25-23(27)18-8-4-3-5-9-18)26(21)20-10-6-7-11-22(20)29-2/h3-16H,1-2H3. The van der Waals surface area contributed by atoms with Crippen molar-refractivity contribution in [3.8, 4) is 28.4 Å². The van der Waals surface area contributed by atoms with Gasteiger partial charge in [-0.1, -0.05) is 30.3 Å². The van der Waals surface area contributed by atoms with Gasteiger partial charge in [-0.05, 0) is 54.1 Å². The SMILES string of the molecule is COc1ccc(-c2csc(=NC(=O)c3ccccc3)n2-c2ccccc2OC)cc1. The summed E-state index contributed by atoms with van der Waals surface area (Å²) < 4.78 is 12.8. The maximum Gasteiger partial charge on any atom is 0.279 e. The molecule has 5 nitrogen and oxygen atoms in total. The predicted molar refractivity (Wildman–Crippen MR) is 119 cm³/mol. The molecule has 4 aromatic rings. The Bertz CT molecular complexity index is 1230. The fourth-order valence-electron chi connectivity index (χ4n) is 3.13. The number of nitrogens with zero attached hydrogens (tertiary/aromatic N) is 2. The van der Waals surface area contributed by atoms with Crippen LogP contribution in [0.5, 0.6) is 11.5 Å². The van der Waals surface area contributed by atoms with Gasteiger partial charge in [-0.25, -0.2) is 0 Å². The number of ether oxygens (including phenoxy) is 2. The van der Waals surface area contributed by atoms with Gasteiger partial charge in [0.1, 0.15) is 11.5 Å². The molecule has 30 heavy (non-hydrogen) atoms. The fourth-order valence-corrected chi connectivity index (χ4v) is 4.03. The largest absolute Gasteiger partial charge is 0.497 e. The van der Waals surface area contributed by atoms with Gasteiger partial charge in [-0.15, -0.1) is 11.3 Å². The number of para-hydroxylation sites is 2. The number of benzene rings is 3. The van der Waals surface area contributed by atoms with Crippen molar-refractivity contribution in [1.29, 1.82) is 0 Å². The third kappa shape index (κ3) is 3.90. The minimum atomic E-state index is -0.289. The van der Waals surface area contributed by atoms with E-state index in [9.17, 15) is 4.79 Å². The first-order valence-corrected chi connectivity index (χ1v) is 10.2. The first-order chi connectivity index (χ1) is 14.7. The van der Waals surface area contributed by atoms with Crippen LogP contribution in [0.2, 0.25) is 0 Å². The van der Waals surface area contributed by atoms with Gasteiger partial charge < -0.3 is 9.47 Å². The minimum absolute atomic E-state index is 0.289. The molecule has 1 heterocycles. The number of amides is 1. The molecule has 0 saturated carbocycles. The molecule has 0 fully saturated rings. The maximum atomic E-state index is 12.8. The Balaban J connectivity index is 1.92. The Hall–Kier alpha value is -3.64. The molecule has 0 bridgehead atoms. The van der Waals surface area contributed by atoms with E-state index < -0.39 is 0 Å². The Morgan fingerprint density at radius 3 is 2.27 bits per heavy atom. The minimum Gasteiger partial charge on any atom is -0.497 e. The number of hydrogen-bond donors (Lipinski definition) is 0. The van der Waals surface area contributed by atoms with Gasteiger partial charge in [0.15, 0.2) is 4.80 Å². The first-order valence-electron chi connectivity index (χ1n) is 9.33. The van der Waals surface area contributed by atoms with Crippen LogP contribution in [0.1, 0.15) is 10.4 Å². The summed E-state index contributed by atoms with van der Waals surface area (Å²) in [5.41, 5.74) is 3.24. The molecular weight excluding hydrogens is 396 g/mol. The Labute approximate surface area is 178 Å². The summed E-state index contributed by atoms with van der Waals surface area (Å²) in [6, 6.07) is 24.5. The van der Waals surface area contributed by atoms with Crippen molar-refractivity contribution in [2.75, 3.05) is 14.2 Å². The normalized spacial score (nSPS) is 11.3. The Morgan fingerprint density at radius 1 is 0.867 bits per heavy atom. The van der Waals surface area contributed by atoms with Crippen molar-refractivity contribution in [2.24, 2.45) is 4.99 Å². The van der Waals surface area contributed by atoms with Crippen LogP contribution in [-0.4, -0.2) is 24.7 Å². The van der Waals surface area contributed by atoms with Gasteiger partial charge >= 0.3 is 0 Å². The third-order valence-corrected chi connectivity index (χ3v) is 5.46. The van der Waals surface area contributed by atoms with Gasteiger partial charge in [0.25, 0.3) is 5.91 Å². The summed E-state index contributed by atoms with van der Waals surface area (Å²) >= 11 is 1.41. The van der Waals surface area contributed by atoms with Crippen molar-refractivity contribution in [1.82, 2.24) is 4.57 Å². The molecular formula is C24H20N2O3S. The van der Waals surface area contributed by atoms with E-state index in [1.165, 1.54) is 11.3 Å². The van der Waals surface area contributed by atoms with Crippen LogP contribution in [0.3, 0.4) is 0 Å². The van der Waals surface area contributed by atoms with E-state index in [2.05, 4.69) is 4.99 Å². The number of aromatic nitrogens is 1. The summed E-state index contributed by atoms with van der Waals surface area (Å²) in [4.78, 5) is 17.8. The molecule has 6 heteroatoms. The number of hydrogen-bond acceptors (Lipinski definition) is 4. The molecule has 150 valence electrons. The highest BCUT2D eigenvalue weighted by Crippen LogP contribution is 2.29. The topological polar surface area (TPSA) is 52.8 Å². The maximum absolute atomic E-state index is 12.8. The number of carbonyl (C=O) groups is 1. The number of carbonyl (C=O) groups excluding carboxylic acids is 1. The molecule has 0 saturated heterocycles. The average Bonchev–Trinajstić information content (AvgIpc) is 3.22. The summed E-state index contributed by atoms with van der Waals surface area (Å²) in [6.07, 6.45) is 0. The summed E-state index contributed by atoms with van der Waals surface area (Å²) in [6.45, 7) is 0. The first kappa shape index (κ1) is 19.7. The van der Waals surface area contributed by atoms with Crippen LogP contribution in [0.15, 0.2) is 89.2 Å². The summed E-state index contributed by atoms with van der Waals surface area (Å²) in [5.74, 6) is 1.18. The van der Waals surface area contributed by atoms with Crippen molar-refractivity contribution < 1.29 is 14.3 Å². The third-order valence-electron chi connectivity index (χ3n) is 4.64. The van der Waals surface area contributed by atoms with Crippen molar-refractivity contribution in [3.63, 3.8) is 0 Å². The van der Waals surface area contributed by atoms with E-state index in [0.29, 0.717) is 16.1 Å². The zero-order chi connectivity index (χ0) is 20.9. The van der Waals surface area contributed by atoms with Gasteiger partial charge in [-0.3, -0.25) is 9.36 Å². The lowest BCUT2D eigenvalue weighted by atomic mass is 10.1. The molecule has 0 N–H and O–H groups in total. The molecule has 4 rings (SSSR count). The van der Waals surface area contributed by atoms with E-state index in [0.717, 1.165) is 22.7 Å². The van der Waals surface area contributed by atoms with Crippen LogP contribution in [0.4, 0.5) is 0 Å². The fraction of sp³-hybridized carbons (Fsp3) is 0.0833. The van der Waals surface area contributed by atoms with Crippen LogP contribution in [-0.2, 0) is 0 Å². The molecule has 0 aliphatic heterocycles. The molecule has 1 aromatic heterocycles. The summed E-state index contributed by atoms with van der Waals surface area (Å²) in [7, 11) is 3.27. The number of methoxy groups -OCH3 is 2. The predicted octanol–water partition coefficient (Wildman–Crippen LogP) is 4.96. The molecule has 0 atom stereocenters.